The molecule has 2 aromatic heterocycles. The van der Waals surface area contributed by atoms with E-state index in [1.54, 1.807) is 12.1 Å². The Labute approximate surface area is 263 Å². The number of nitriles is 1. The van der Waals surface area contributed by atoms with Gasteiger partial charge in [0.1, 0.15) is 17.0 Å². The molecule has 2 bridgehead atoms. The summed E-state index contributed by atoms with van der Waals surface area (Å²) in [7, 11) is 0. The molecule has 3 atom stereocenters. The second kappa shape index (κ2) is 12.2. The molecule has 13 heteroatoms. The summed E-state index contributed by atoms with van der Waals surface area (Å²) in [6, 6.07) is 13.0. The summed E-state index contributed by atoms with van der Waals surface area (Å²) in [5.41, 5.74) is 0.671. The number of likely N-dealkylation sites (tertiary alicyclic amines) is 1. The number of fused-ring (bicyclic) bond motifs is 4. The maximum Gasteiger partial charge on any atom is 0.407 e. The Morgan fingerprint density at radius 3 is 2.80 bits per heavy atom. The third kappa shape index (κ3) is 5.56. The van der Waals surface area contributed by atoms with Gasteiger partial charge in [-0.2, -0.15) is 15.2 Å². The van der Waals surface area contributed by atoms with Crippen LogP contribution in [0.2, 0.25) is 5.02 Å². The number of anilines is 1. The number of carboxylic acid groups (broad SMARTS) is 1. The second-order valence-electron chi connectivity index (χ2n) is 11.6. The van der Waals surface area contributed by atoms with Crippen molar-refractivity contribution >= 4 is 45.2 Å². The predicted octanol–water partition coefficient (Wildman–Crippen LogP) is 4.96. The molecule has 0 aliphatic carbocycles. The average molecular weight is 632 g/mol. The minimum absolute atomic E-state index is 0.0111. The Bertz CT molecular complexity index is 1820. The molecule has 3 aliphatic rings. The number of piperazine rings is 1. The van der Waals surface area contributed by atoms with Gasteiger partial charge in [0.2, 0.25) is 0 Å². The summed E-state index contributed by atoms with van der Waals surface area (Å²) in [6.45, 7) is 3.53. The van der Waals surface area contributed by atoms with Gasteiger partial charge in [0.15, 0.2) is 5.82 Å². The van der Waals surface area contributed by atoms with E-state index < -0.39 is 18.0 Å². The van der Waals surface area contributed by atoms with E-state index in [0.717, 1.165) is 37.9 Å². The monoisotopic (exact) mass is 631 g/mol. The number of halogens is 2. The fraction of sp³-hybridized carbons (Fsp3) is 0.406. The first-order chi connectivity index (χ1) is 21.9. The Balaban J connectivity index is 1.25. The highest BCUT2D eigenvalue weighted by atomic mass is 35.5. The second-order valence-corrected chi connectivity index (χ2v) is 12.0. The van der Waals surface area contributed by atoms with Crippen LogP contribution in [0.15, 0.2) is 42.6 Å². The van der Waals surface area contributed by atoms with Crippen LogP contribution in [-0.4, -0.2) is 100 Å². The lowest BCUT2D eigenvalue weighted by Gasteiger charge is -2.39. The highest BCUT2D eigenvalue weighted by Crippen LogP contribution is 2.37. The molecule has 1 amide bonds. The first-order valence-corrected chi connectivity index (χ1v) is 15.4. The zero-order chi connectivity index (χ0) is 31.1. The van der Waals surface area contributed by atoms with Crippen LogP contribution in [-0.2, 0) is 4.74 Å². The van der Waals surface area contributed by atoms with Gasteiger partial charge in [0, 0.05) is 60.9 Å². The summed E-state index contributed by atoms with van der Waals surface area (Å²) in [4.78, 5) is 31.1. The molecule has 0 unspecified atom stereocenters. The van der Waals surface area contributed by atoms with Gasteiger partial charge >= 0.3 is 12.1 Å². The van der Waals surface area contributed by atoms with E-state index in [2.05, 4.69) is 25.9 Å². The van der Waals surface area contributed by atoms with Crippen LogP contribution in [0.5, 0.6) is 6.01 Å². The lowest BCUT2D eigenvalue weighted by atomic mass is 10.0. The van der Waals surface area contributed by atoms with Crippen molar-refractivity contribution in [1.82, 2.24) is 24.8 Å². The van der Waals surface area contributed by atoms with E-state index >= 15 is 4.39 Å². The number of hydrogen-bond acceptors (Lipinski definition) is 9. The van der Waals surface area contributed by atoms with Crippen LogP contribution >= 0.6 is 11.6 Å². The zero-order valence-electron chi connectivity index (χ0n) is 24.4. The van der Waals surface area contributed by atoms with E-state index in [1.807, 2.05) is 29.2 Å². The van der Waals surface area contributed by atoms with Gasteiger partial charge in [-0.15, -0.1) is 0 Å². The van der Waals surface area contributed by atoms with Gasteiger partial charge in [-0.1, -0.05) is 41.9 Å². The van der Waals surface area contributed by atoms with Crippen LogP contribution in [0.4, 0.5) is 15.0 Å². The van der Waals surface area contributed by atoms with Crippen LogP contribution in [0.3, 0.4) is 0 Å². The van der Waals surface area contributed by atoms with Gasteiger partial charge in [0.25, 0.3) is 0 Å². The number of hydrogen-bond donors (Lipinski definition) is 1. The molecule has 4 aromatic rings. The predicted molar refractivity (Wildman–Crippen MR) is 166 cm³/mol. The third-order valence-electron chi connectivity index (χ3n) is 8.94. The largest absolute Gasteiger partial charge is 0.465 e. The number of amides is 1. The lowest BCUT2D eigenvalue weighted by Crippen LogP contribution is -2.55. The molecule has 2 aromatic carbocycles. The van der Waals surface area contributed by atoms with Crippen LogP contribution in [0, 0.1) is 17.1 Å². The van der Waals surface area contributed by atoms with E-state index in [1.165, 1.54) is 11.1 Å². The van der Waals surface area contributed by atoms with Crippen molar-refractivity contribution in [2.45, 2.75) is 37.5 Å². The molecule has 7 rings (SSSR count). The van der Waals surface area contributed by atoms with Crippen LogP contribution < -0.4 is 9.64 Å². The van der Waals surface area contributed by atoms with Crippen LogP contribution in [0.1, 0.15) is 19.3 Å². The third-order valence-corrected chi connectivity index (χ3v) is 9.26. The fourth-order valence-corrected chi connectivity index (χ4v) is 7.05. The maximum absolute atomic E-state index is 16.6. The van der Waals surface area contributed by atoms with E-state index in [4.69, 9.17) is 21.1 Å². The van der Waals surface area contributed by atoms with Crippen molar-refractivity contribution < 1.29 is 23.8 Å². The van der Waals surface area contributed by atoms with Crippen molar-refractivity contribution in [3.05, 3.63) is 53.4 Å². The number of benzene rings is 2. The standard InChI is InChI=1S/C32H31ClFN7O4/c33-25-7-2-5-19-4-1-6-23(26(19)25)28-27(34)29-24(15-36-28)30(40-11-12-41(32(42)43)20(16-40)8-9-35)38-31(37-29)44-13-3-10-39-17-22-14-21(39)18-45-22/h1-2,4-7,15,20-22H,3,8,10-14,16-18H2,(H,42,43)/t20-,21-,22-/m0/s1. The first kappa shape index (κ1) is 29.4. The minimum atomic E-state index is -1.09. The van der Waals surface area contributed by atoms with Crippen molar-refractivity contribution in [3.63, 3.8) is 0 Å². The Morgan fingerprint density at radius 2 is 2.04 bits per heavy atom. The number of nitrogens with zero attached hydrogens (tertiary/aromatic N) is 7. The number of aromatic nitrogens is 3. The maximum atomic E-state index is 16.6. The van der Waals surface area contributed by atoms with Crippen LogP contribution in [0.25, 0.3) is 32.9 Å². The normalized spacial score (nSPS) is 21.5. The molecule has 1 N–H and O–H groups in total. The van der Waals surface area contributed by atoms with Gasteiger partial charge in [0.05, 0.1) is 43.2 Å². The molecule has 3 fully saturated rings. The molecule has 5 heterocycles. The summed E-state index contributed by atoms with van der Waals surface area (Å²) in [6.07, 6.45) is 2.58. The first-order valence-electron chi connectivity index (χ1n) is 15.0. The molecule has 232 valence electrons. The molecule has 3 aliphatic heterocycles. The summed E-state index contributed by atoms with van der Waals surface area (Å²) in [5.74, 6) is -0.259. The van der Waals surface area contributed by atoms with Gasteiger partial charge < -0.3 is 24.4 Å². The molecular formula is C32H31ClFN7O4. The van der Waals surface area contributed by atoms with E-state index in [-0.39, 0.29) is 36.7 Å². The number of pyridine rings is 1. The topological polar surface area (TPSA) is 128 Å². The smallest absolute Gasteiger partial charge is 0.407 e. The molecule has 0 spiro atoms. The lowest BCUT2D eigenvalue weighted by molar-refractivity contribution is 0.0287. The number of carbonyl (C=O) groups is 1. The summed E-state index contributed by atoms with van der Waals surface area (Å²) in [5, 5.41) is 21.4. The Morgan fingerprint density at radius 1 is 1.20 bits per heavy atom. The van der Waals surface area contributed by atoms with E-state index in [0.29, 0.717) is 52.5 Å². The van der Waals surface area contributed by atoms with Crippen molar-refractivity contribution in [3.8, 4) is 23.3 Å². The number of morpholine rings is 1. The highest BCUT2D eigenvalue weighted by molar-refractivity contribution is 6.36. The Hall–Kier alpha value is -4.31. The summed E-state index contributed by atoms with van der Waals surface area (Å²) >= 11 is 6.57. The SMILES string of the molecule is N#CC[C@H]1CN(c2nc(OCCCN3C[C@@H]4C[C@H]3CO4)nc3c(F)c(-c4cccc5cccc(Cl)c45)ncc23)CCN1C(=O)O. The highest BCUT2D eigenvalue weighted by Gasteiger charge is 2.38. The van der Waals surface area contributed by atoms with Gasteiger partial charge in [-0.3, -0.25) is 9.88 Å². The molecule has 0 saturated carbocycles. The quantitative estimate of drug-likeness (QED) is 0.266. The van der Waals surface area contributed by atoms with Crippen molar-refractivity contribution in [2.75, 3.05) is 50.8 Å². The van der Waals surface area contributed by atoms with Crippen molar-refractivity contribution in [1.29, 1.82) is 5.26 Å². The van der Waals surface area contributed by atoms with Gasteiger partial charge in [-0.25, -0.2) is 9.18 Å². The zero-order valence-corrected chi connectivity index (χ0v) is 25.2. The molecule has 0 radical (unpaired) electrons. The average Bonchev–Trinajstić information content (AvgIpc) is 3.67. The summed E-state index contributed by atoms with van der Waals surface area (Å²) < 4.78 is 28.3. The molecule has 3 saturated heterocycles. The number of rotatable bonds is 8. The van der Waals surface area contributed by atoms with Gasteiger partial charge in [-0.05, 0) is 24.3 Å². The van der Waals surface area contributed by atoms with Crippen molar-refractivity contribution in [2.24, 2.45) is 0 Å². The Kier molecular flexibility index (Phi) is 7.99. The molecule has 11 nitrogen and oxygen atoms in total. The number of ether oxygens (including phenoxy) is 2. The fourth-order valence-electron chi connectivity index (χ4n) is 6.77. The van der Waals surface area contributed by atoms with E-state index in [9.17, 15) is 15.2 Å². The molecule has 45 heavy (non-hydrogen) atoms. The minimum Gasteiger partial charge on any atom is -0.465 e. The molecular weight excluding hydrogens is 601 g/mol.